The summed E-state index contributed by atoms with van der Waals surface area (Å²) in [5, 5.41) is 18.9. The molecule has 4 N–H and O–H groups in total. The maximum absolute atomic E-state index is 12.5. The Labute approximate surface area is 176 Å². The molecular formula is C20H18ClN5O4. The van der Waals surface area contributed by atoms with Crippen LogP contribution in [0.2, 0.25) is 5.02 Å². The zero-order valence-corrected chi connectivity index (χ0v) is 16.7. The topological polar surface area (TPSA) is 125 Å². The van der Waals surface area contributed by atoms with Gasteiger partial charge < -0.3 is 24.9 Å². The number of anilines is 1. The number of halogens is 1. The lowest BCUT2D eigenvalue weighted by atomic mass is 10.2. The van der Waals surface area contributed by atoms with Crippen molar-refractivity contribution in [2.45, 2.75) is 0 Å². The molecule has 0 unspecified atom stereocenters. The van der Waals surface area contributed by atoms with Crippen molar-refractivity contribution in [2.75, 3.05) is 25.6 Å². The van der Waals surface area contributed by atoms with Crippen LogP contribution < -0.4 is 14.8 Å². The number of nitrogens with zero attached hydrogens (tertiary/aromatic N) is 2. The zero-order valence-electron chi connectivity index (χ0n) is 15.9. The number of aliphatic hydroxyl groups is 1. The van der Waals surface area contributed by atoms with Gasteiger partial charge in [0.1, 0.15) is 23.8 Å². The number of hydrogen-bond donors (Lipinski definition) is 4. The number of amides is 1. The monoisotopic (exact) mass is 427 g/mol. The number of carbonyl (C=O) groups excluding carboxylic acids is 1. The molecule has 1 amide bonds. The number of aliphatic hydroxyl groups excluding tert-OH is 1. The molecule has 2 heterocycles. The maximum Gasteiger partial charge on any atom is 0.256 e. The average Bonchev–Trinajstić information content (AvgIpc) is 3.38. The minimum Gasteiger partial charge on any atom is -0.495 e. The molecule has 30 heavy (non-hydrogen) atoms. The fourth-order valence-corrected chi connectivity index (χ4v) is 3.13. The minimum absolute atomic E-state index is 0.0603. The lowest BCUT2D eigenvalue weighted by molar-refractivity contribution is 0.102. The van der Waals surface area contributed by atoms with E-state index in [-0.39, 0.29) is 19.1 Å². The van der Waals surface area contributed by atoms with Gasteiger partial charge in [0, 0.05) is 17.7 Å². The van der Waals surface area contributed by atoms with Crippen LogP contribution in [0.5, 0.6) is 11.5 Å². The summed E-state index contributed by atoms with van der Waals surface area (Å²) in [4.78, 5) is 20.2. The second kappa shape index (κ2) is 8.44. The third kappa shape index (κ3) is 4.07. The van der Waals surface area contributed by atoms with Crippen LogP contribution in [0.25, 0.3) is 22.6 Å². The number of hydrogen-bond acceptors (Lipinski definition) is 6. The van der Waals surface area contributed by atoms with Gasteiger partial charge in [0.15, 0.2) is 11.6 Å². The van der Waals surface area contributed by atoms with Crippen LogP contribution in [0.4, 0.5) is 5.82 Å². The standard InChI is InChI=1S/C20H18ClN5O4/c1-29-17-5-2-11(8-13(17)21)20(28)24-18-10-16(25-26-18)19-22-14-4-3-12(30-7-6-27)9-15(14)23-19/h2-5,8-10,27H,6-7H2,1H3,(H,22,23)(H2,24,25,26,28). The third-order valence-corrected chi connectivity index (χ3v) is 4.60. The summed E-state index contributed by atoms with van der Waals surface area (Å²) in [6.07, 6.45) is 0. The molecule has 0 radical (unpaired) electrons. The Hall–Kier alpha value is -3.56. The minimum atomic E-state index is -0.354. The summed E-state index contributed by atoms with van der Waals surface area (Å²) in [6, 6.07) is 11.8. The SMILES string of the molecule is COc1ccc(C(=O)Nc2cc(-c3nc4cc(OCCO)ccc4[nH]3)[nH]n2)cc1Cl. The zero-order chi connectivity index (χ0) is 21.1. The molecule has 0 aliphatic carbocycles. The Balaban J connectivity index is 1.51. The number of fused-ring (bicyclic) bond motifs is 1. The molecule has 0 atom stereocenters. The van der Waals surface area contributed by atoms with Crippen LogP contribution in [0.15, 0.2) is 42.5 Å². The Morgan fingerprint density at radius 3 is 2.87 bits per heavy atom. The van der Waals surface area contributed by atoms with Gasteiger partial charge in [-0.3, -0.25) is 9.89 Å². The second-order valence-corrected chi connectivity index (χ2v) is 6.71. The van der Waals surface area contributed by atoms with E-state index in [0.717, 1.165) is 5.52 Å². The lowest BCUT2D eigenvalue weighted by Gasteiger charge is -2.05. The normalized spacial score (nSPS) is 10.9. The van der Waals surface area contributed by atoms with E-state index in [2.05, 4.69) is 25.5 Å². The summed E-state index contributed by atoms with van der Waals surface area (Å²) in [5.41, 5.74) is 2.50. The molecule has 0 spiro atoms. The molecule has 0 saturated heterocycles. The number of carbonyl (C=O) groups is 1. The van der Waals surface area contributed by atoms with Gasteiger partial charge in [-0.25, -0.2) is 4.98 Å². The predicted molar refractivity (Wildman–Crippen MR) is 112 cm³/mol. The highest BCUT2D eigenvalue weighted by Gasteiger charge is 2.13. The number of aromatic nitrogens is 4. The highest BCUT2D eigenvalue weighted by atomic mass is 35.5. The molecule has 0 fully saturated rings. The summed E-state index contributed by atoms with van der Waals surface area (Å²) in [7, 11) is 1.51. The molecule has 2 aromatic carbocycles. The molecule has 10 heteroatoms. The molecule has 9 nitrogen and oxygen atoms in total. The van der Waals surface area contributed by atoms with Crippen LogP contribution in [-0.4, -0.2) is 51.5 Å². The van der Waals surface area contributed by atoms with Crippen LogP contribution in [0.3, 0.4) is 0 Å². The number of ether oxygens (including phenoxy) is 2. The van der Waals surface area contributed by atoms with Gasteiger partial charge in [-0.2, -0.15) is 5.10 Å². The van der Waals surface area contributed by atoms with Crippen molar-refractivity contribution in [3.05, 3.63) is 53.1 Å². The van der Waals surface area contributed by atoms with Gasteiger partial charge in [0.25, 0.3) is 5.91 Å². The van der Waals surface area contributed by atoms with Crippen molar-refractivity contribution in [2.24, 2.45) is 0 Å². The summed E-state index contributed by atoms with van der Waals surface area (Å²) in [6.45, 7) is 0.154. The number of H-pyrrole nitrogens is 2. The van der Waals surface area contributed by atoms with E-state index < -0.39 is 0 Å². The molecule has 154 valence electrons. The van der Waals surface area contributed by atoms with Crippen molar-refractivity contribution in [1.82, 2.24) is 20.2 Å². The van der Waals surface area contributed by atoms with Crippen molar-refractivity contribution < 1.29 is 19.4 Å². The highest BCUT2D eigenvalue weighted by Crippen LogP contribution is 2.26. The van der Waals surface area contributed by atoms with Gasteiger partial charge in [-0.1, -0.05) is 11.6 Å². The molecule has 0 aliphatic heterocycles. The first-order valence-corrected chi connectivity index (χ1v) is 9.39. The van der Waals surface area contributed by atoms with Crippen LogP contribution in [0.1, 0.15) is 10.4 Å². The van der Waals surface area contributed by atoms with Crippen LogP contribution >= 0.6 is 11.6 Å². The molecule has 4 rings (SSSR count). The van der Waals surface area contributed by atoms with Crippen LogP contribution in [-0.2, 0) is 0 Å². The molecule has 0 bridgehead atoms. The predicted octanol–water partition coefficient (Wildman–Crippen LogP) is 3.24. The van der Waals surface area contributed by atoms with Crippen molar-refractivity contribution in [1.29, 1.82) is 0 Å². The maximum atomic E-state index is 12.5. The lowest BCUT2D eigenvalue weighted by Crippen LogP contribution is -2.12. The van der Waals surface area contributed by atoms with E-state index >= 15 is 0 Å². The largest absolute Gasteiger partial charge is 0.495 e. The van der Waals surface area contributed by atoms with E-state index in [0.29, 0.717) is 44.9 Å². The fraction of sp³-hybridized carbons (Fsp3) is 0.150. The fourth-order valence-electron chi connectivity index (χ4n) is 2.87. The number of rotatable bonds is 7. The average molecular weight is 428 g/mol. The Morgan fingerprint density at radius 1 is 1.23 bits per heavy atom. The quantitative estimate of drug-likeness (QED) is 0.359. The first-order chi connectivity index (χ1) is 14.6. The van der Waals surface area contributed by atoms with Crippen molar-refractivity contribution in [3.8, 4) is 23.0 Å². The first kappa shape index (κ1) is 19.7. The number of benzene rings is 2. The molecule has 0 saturated carbocycles. The van der Waals surface area contributed by atoms with Gasteiger partial charge >= 0.3 is 0 Å². The van der Waals surface area contributed by atoms with Gasteiger partial charge in [0.2, 0.25) is 0 Å². The number of nitrogens with one attached hydrogen (secondary N) is 3. The van der Waals surface area contributed by atoms with E-state index in [1.807, 2.05) is 6.07 Å². The number of methoxy groups -OCH3 is 1. The third-order valence-electron chi connectivity index (χ3n) is 4.30. The first-order valence-electron chi connectivity index (χ1n) is 9.01. The molecule has 2 aromatic heterocycles. The van der Waals surface area contributed by atoms with E-state index in [9.17, 15) is 4.79 Å². The van der Waals surface area contributed by atoms with E-state index in [1.54, 1.807) is 30.3 Å². The summed E-state index contributed by atoms with van der Waals surface area (Å²) < 4.78 is 10.5. The number of imidazole rings is 1. The van der Waals surface area contributed by atoms with E-state index in [1.165, 1.54) is 13.2 Å². The van der Waals surface area contributed by atoms with Crippen LogP contribution in [0, 0.1) is 0 Å². The molecular weight excluding hydrogens is 410 g/mol. The Kier molecular flexibility index (Phi) is 5.55. The Bertz CT molecular complexity index is 1200. The smallest absolute Gasteiger partial charge is 0.256 e. The number of aromatic amines is 2. The van der Waals surface area contributed by atoms with Gasteiger partial charge in [0.05, 0.1) is 29.8 Å². The molecule has 0 aliphatic rings. The van der Waals surface area contributed by atoms with Gasteiger partial charge in [-0.05, 0) is 30.3 Å². The summed E-state index contributed by atoms with van der Waals surface area (Å²) >= 11 is 6.08. The van der Waals surface area contributed by atoms with Gasteiger partial charge in [-0.15, -0.1) is 0 Å². The van der Waals surface area contributed by atoms with E-state index in [4.69, 9.17) is 26.2 Å². The highest BCUT2D eigenvalue weighted by molar-refractivity contribution is 6.32. The second-order valence-electron chi connectivity index (χ2n) is 6.31. The van der Waals surface area contributed by atoms with Crippen molar-refractivity contribution in [3.63, 3.8) is 0 Å². The molecule has 4 aromatic rings. The Morgan fingerprint density at radius 2 is 2.10 bits per heavy atom. The van der Waals surface area contributed by atoms with Crippen molar-refractivity contribution >= 4 is 34.4 Å². The summed E-state index contributed by atoms with van der Waals surface area (Å²) in [5.74, 6) is 1.66.